The van der Waals surface area contributed by atoms with Crippen molar-refractivity contribution in [2.24, 2.45) is 0 Å². The van der Waals surface area contributed by atoms with E-state index in [-0.39, 0.29) is 11.5 Å². The van der Waals surface area contributed by atoms with E-state index in [0.29, 0.717) is 5.71 Å². The van der Waals surface area contributed by atoms with Crippen molar-refractivity contribution >= 4 is 71.2 Å². The summed E-state index contributed by atoms with van der Waals surface area (Å²) in [6, 6.07) is 20.9. The van der Waals surface area contributed by atoms with Gasteiger partial charge in [0.2, 0.25) is 5.71 Å². The fourth-order valence-corrected chi connectivity index (χ4v) is 5.21. The lowest BCUT2D eigenvalue weighted by atomic mass is 10.1. The van der Waals surface area contributed by atoms with Crippen LogP contribution in [0.2, 0.25) is 0 Å². The van der Waals surface area contributed by atoms with Crippen LogP contribution in [0.25, 0.3) is 71.2 Å². The zero-order valence-corrected chi connectivity index (χ0v) is 16.0. The summed E-state index contributed by atoms with van der Waals surface area (Å²) in [5, 5.41) is 27.2. The number of benzene rings is 4. The Bertz CT molecular complexity index is 2020. The highest BCUT2D eigenvalue weighted by Crippen LogP contribution is 2.48. The monoisotopic (exact) mass is 403 g/mol. The molecule has 0 aliphatic rings. The largest absolute Gasteiger partial charge is 0.508 e. The summed E-state index contributed by atoms with van der Waals surface area (Å²) >= 11 is 0. The van der Waals surface area contributed by atoms with E-state index < -0.39 is 0 Å². The van der Waals surface area contributed by atoms with E-state index in [1.165, 1.54) is 0 Å². The fraction of sp³-hybridized carbons (Fsp3) is 0. The van der Waals surface area contributed by atoms with Crippen molar-refractivity contribution in [1.29, 1.82) is 0 Å². The molecular formula is C26H13NO4. The van der Waals surface area contributed by atoms with E-state index >= 15 is 0 Å². The predicted molar refractivity (Wildman–Crippen MR) is 121 cm³/mol. The lowest BCUT2D eigenvalue weighted by Gasteiger charge is -2.00. The minimum Gasteiger partial charge on any atom is -0.508 e. The van der Waals surface area contributed by atoms with Crippen molar-refractivity contribution < 1.29 is 19.0 Å². The second-order valence-electron chi connectivity index (χ2n) is 8.13. The first kappa shape index (κ1) is 15.5. The number of aromatic nitrogens is 1. The lowest BCUT2D eigenvalue weighted by molar-refractivity contribution is 0.476. The first-order valence-corrected chi connectivity index (χ1v) is 10.1. The third kappa shape index (κ3) is 1.67. The molecule has 0 unspecified atom stereocenters. The van der Waals surface area contributed by atoms with Crippen LogP contribution >= 0.6 is 0 Å². The molecular weight excluding hydrogens is 390 g/mol. The second kappa shape index (κ2) is 4.84. The number of aromatic hydroxyl groups is 2. The highest BCUT2D eigenvalue weighted by atomic mass is 16.3. The molecule has 146 valence electrons. The van der Waals surface area contributed by atoms with Crippen LogP contribution in [0.5, 0.6) is 11.5 Å². The quantitative estimate of drug-likeness (QED) is 0.289. The van der Waals surface area contributed by atoms with Gasteiger partial charge in [0.15, 0.2) is 5.58 Å². The molecule has 4 aromatic carbocycles. The van der Waals surface area contributed by atoms with Crippen molar-refractivity contribution in [1.82, 2.24) is 4.40 Å². The summed E-state index contributed by atoms with van der Waals surface area (Å²) in [5.41, 5.74) is 4.81. The molecule has 8 rings (SSSR count). The molecule has 8 aromatic rings. The summed E-state index contributed by atoms with van der Waals surface area (Å²) in [6.45, 7) is 0. The molecule has 0 spiro atoms. The number of phenolic OH excluding ortho intramolecular Hbond substituents is 2. The molecule has 4 aromatic heterocycles. The van der Waals surface area contributed by atoms with Gasteiger partial charge in [0, 0.05) is 16.2 Å². The molecule has 0 atom stereocenters. The van der Waals surface area contributed by atoms with E-state index in [4.69, 9.17) is 8.83 Å². The number of para-hydroxylation sites is 1. The maximum atomic E-state index is 10.8. The van der Waals surface area contributed by atoms with Crippen LogP contribution in [0.1, 0.15) is 0 Å². The van der Waals surface area contributed by atoms with Gasteiger partial charge in [-0.1, -0.05) is 24.3 Å². The van der Waals surface area contributed by atoms with E-state index in [1.54, 1.807) is 18.2 Å². The Morgan fingerprint density at radius 3 is 2.48 bits per heavy atom. The maximum absolute atomic E-state index is 10.8. The molecule has 0 aliphatic carbocycles. The number of hydrogen-bond acceptors (Lipinski definition) is 4. The minimum atomic E-state index is 0.225. The second-order valence-corrected chi connectivity index (χ2v) is 8.13. The predicted octanol–water partition coefficient (Wildman–Crippen LogP) is 6.89. The summed E-state index contributed by atoms with van der Waals surface area (Å²) in [7, 11) is 0. The number of rotatable bonds is 0. The summed E-state index contributed by atoms with van der Waals surface area (Å²) in [5.74, 6) is 0.451. The third-order valence-corrected chi connectivity index (χ3v) is 6.48. The van der Waals surface area contributed by atoms with Gasteiger partial charge in [-0.25, -0.2) is 0 Å². The summed E-state index contributed by atoms with van der Waals surface area (Å²) in [6.07, 6.45) is 0. The molecule has 0 radical (unpaired) electrons. The van der Waals surface area contributed by atoms with E-state index in [1.807, 2.05) is 42.5 Å². The zero-order valence-electron chi connectivity index (χ0n) is 16.0. The van der Waals surface area contributed by atoms with Crippen molar-refractivity contribution in [2.75, 3.05) is 0 Å². The summed E-state index contributed by atoms with van der Waals surface area (Å²) < 4.78 is 14.7. The highest BCUT2D eigenvalue weighted by molar-refractivity contribution is 6.31. The van der Waals surface area contributed by atoms with Crippen LogP contribution < -0.4 is 0 Å². The van der Waals surface area contributed by atoms with Crippen LogP contribution in [0.4, 0.5) is 0 Å². The van der Waals surface area contributed by atoms with E-state index in [2.05, 4.69) is 10.5 Å². The summed E-state index contributed by atoms with van der Waals surface area (Å²) in [4.78, 5) is 0. The Hall–Kier alpha value is -4.38. The Labute approximate surface area is 173 Å². The number of hydrogen-bond donors (Lipinski definition) is 2. The highest BCUT2D eigenvalue weighted by Gasteiger charge is 2.27. The average Bonchev–Trinajstić information content (AvgIpc) is 3.47. The SMILES string of the molecule is Oc1ccc2cc3c(cc2c1)oc1c2ccc(O)c4c5c6ccccc6oc5n(c31)c24. The van der Waals surface area contributed by atoms with Crippen molar-refractivity contribution in [2.45, 2.75) is 0 Å². The first-order valence-electron chi connectivity index (χ1n) is 10.1. The van der Waals surface area contributed by atoms with Crippen LogP contribution in [0.3, 0.4) is 0 Å². The molecule has 0 aliphatic heterocycles. The third-order valence-electron chi connectivity index (χ3n) is 6.48. The normalized spacial score (nSPS) is 12.8. The smallest absolute Gasteiger partial charge is 0.214 e. The van der Waals surface area contributed by atoms with Crippen molar-refractivity contribution in [3.63, 3.8) is 0 Å². The molecule has 0 fully saturated rings. The fourth-order valence-electron chi connectivity index (χ4n) is 5.21. The zero-order chi connectivity index (χ0) is 20.4. The maximum Gasteiger partial charge on any atom is 0.214 e. The van der Waals surface area contributed by atoms with Gasteiger partial charge in [-0.15, -0.1) is 0 Å². The Morgan fingerprint density at radius 1 is 0.645 bits per heavy atom. The van der Waals surface area contributed by atoms with E-state index in [0.717, 1.165) is 65.5 Å². The van der Waals surface area contributed by atoms with Crippen LogP contribution in [0, 0.1) is 0 Å². The molecule has 5 heteroatoms. The van der Waals surface area contributed by atoms with E-state index in [9.17, 15) is 10.2 Å². The topological polar surface area (TPSA) is 71.2 Å². The average molecular weight is 403 g/mol. The number of fused-ring (bicyclic) bond motifs is 11. The minimum absolute atomic E-state index is 0.225. The lowest BCUT2D eigenvalue weighted by Crippen LogP contribution is -1.79. The van der Waals surface area contributed by atoms with Gasteiger partial charge in [0.05, 0.1) is 16.3 Å². The molecule has 0 bridgehead atoms. The van der Waals surface area contributed by atoms with Gasteiger partial charge in [0.25, 0.3) is 0 Å². The van der Waals surface area contributed by atoms with Gasteiger partial charge < -0.3 is 19.0 Å². The molecule has 31 heavy (non-hydrogen) atoms. The Balaban J connectivity index is 1.71. The van der Waals surface area contributed by atoms with Crippen LogP contribution in [0.15, 0.2) is 75.6 Å². The van der Waals surface area contributed by atoms with Gasteiger partial charge in [0.1, 0.15) is 28.2 Å². The van der Waals surface area contributed by atoms with Crippen molar-refractivity contribution in [3.05, 3.63) is 66.7 Å². The number of furan rings is 2. The Kier molecular flexibility index (Phi) is 2.42. The first-order chi connectivity index (χ1) is 15.2. The number of phenols is 2. The molecule has 2 N–H and O–H groups in total. The van der Waals surface area contributed by atoms with Crippen molar-refractivity contribution in [3.8, 4) is 11.5 Å². The standard InChI is InChI=1S/C26H13NO4/c28-14-6-5-12-10-17-20(11-13(12)9-14)30-25-16-7-8-18(29)22-21-15-3-1-2-4-19(15)31-26(21)27(23(16)22)24(17)25/h1-11,28-29H. The van der Waals surface area contributed by atoms with Gasteiger partial charge in [-0.2, -0.15) is 0 Å². The molecule has 0 saturated heterocycles. The molecule has 5 nitrogen and oxygen atoms in total. The molecule has 0 amide bonds. The number of nitrogens with zero attached hydrogens (tertiary/aromatic N) is 1. The van der Waals surface area contributed by atoms with Gasteiger partial charge in [-0.05, 0) is 53.2 Å². The van der Waals surface area contributed by atoms with Crippen LogP contribution in [-0.4, -0.2) is 14.6 Å². The molecule has 0 saturated carbocycles. The van der Waals surface area contributed by atoms with Gasteiger partial charge >= 0.3 is 0 Å². The van der Waals surface area contributed by atoms with Gasteiger partial charge in [-0.3, -0.25) is 4.40 Å². The van der Waals surface area contributed by atoms with Crippen LogP contribution in [-0.2, 0) is 0 Å². The molecule has 4 heterocycles. The Morgan fingerprint density at radius 2 is 1.55 bits per heavy atom.